The van der Waals surface area contributed by atoms with Crippen LogP contribution in [0.25, 0.3) is 0 Å². The van der Waals surface area contributed by atoms with Crippen LogP contribution in [0, 0.1) is 0 Å². The Bertz CT molecular complexity index is 447. The number of rotatable bonds is 2. The molecular formula is C12H13F2NO3. The van der Waals surface area contributed by atoms with E-state index >= 15 is 0 Å². The van der Waals surface area contributed by atoms with Gasteiger partial charge in [0.2, 0.25) is 0 Å². The number of fused-ring (bicyclic) bond motifs is 1. The van der Waals surface area contributed by atoms with Crippen LogP contribution in [-0.4, -0.2) is 25.5 Å². The number of ether oxygens (including phenoxy) is 3. The van der Waals surface area contributed by atoms with Crippen LogP contribution in [0.5, 0.6) is 17.2 Å². The zero-order chi connectivity index (χ0) is 12.6. The minimum absolute atomic E-state index is 0.0198. The Kier molecular flexibility index (Phi) is 2.74. The summed E-state index contributed by atoms with van der Waals surface area (Å²) >= 11 is 0. The first-order valence-electron chi connectivity index (χ1n) is 5.90. The maximum Gasteiger partial charge on any atom is 0.586 e. The third-order valence-electron chi connectivity index (χ3n) is 2.96. The van der Waals surface area contributed by atoms with Gasteiger partial charge in [0.1, 0.15) is 11.9 Å². The molecule has 0 aromatic heterocycles. The Morgan fingerprint density at radius 3 is 2.67 bits per heavy atom. The Balaban J connectivity index is 1.71. The van der Waals surface area contributed by atoms with Gasteiger partial charge in [-0.05, 0) is 38.1 Å². The first-order valence-corrected chi connectivity index (χ1v) is 5.90. The van der Waals surface area contributed by atoms with Gasteiger partial charge in [-0.2, -0.15) is 0 Å². The molecule has 4 nitrogen and oxygen atoms in total. The number of hydrogen-bond acceptors (Lipinski definition) is 4. The van der Waals surface area contributed by atoms with E-state index < -0.39 is 6.29 Å². The molecule has 6 heteroatoms. The molecule has 0 spiro atoms. The topological polar surface area (TPSA) is 39.7 Å². The van der Waals surface area contributed by atoms with Crippen LogP contribution in [-0.2, 0) is 0 Å². The van der Waals surface area contributed by atoms with Gasteiger partial charge in [0, 0.05) is 6.07 Å². The third-order valence-corrected chi connectivity index (χ3v) is 2.96. The van der Waals surface area contributed by atoms with Gasteiger partial charge in [0.05, 0.1) is 0 Å². The standard InChI is InChI=1S/C12H13F2NO3/c13-12(14)17-10-2-1-9(7-11(10)18-12)16-8-3-5-15-6-4-8/h1-2,7-8,15H,3-6H2. The van der Waals surface area contributed by atoms with E-state index in [-0.39, 0.29) is 17.6 Å². The monoisotopic (exact) mass is 257 g/mol. The lowest BCUT2D eigenvalue weighted by Crippen LogP contribution is -2.34. The van der Waals surface area contributed by atoms with Crippen molar-refractivity contribution in [2.24, 2.45) is 0 Å². The second-order valence-corrected chi connectivity index (χ2v) is 4.34. The maximum absolute atomic E-state index is 12.8. The summed E-state index contributed by atoms with van der Waals surface area (Å²) in [4.78, 5) is 0. The summed E-state index contributed by atoms with van der Waals surface area (Å²) in [7, 11) is 0. The molecule has 1 N–H and O–H groups in total. The SMILES string of the molecule is FC1(F)Oc2ccc(OC3CCNCC3)cc2O1. The lowest BCUT2D eigenvalue weighted by atomic mass is 10.1. The first kappa shape index (κ1) is 11.5. The third kappa shape index (κ3) is 2.33. The van der Waals surface area contributed by atoms with Crippen molar-refractivity contribution in [1.29, 1.82) is 0 Å². The first-order chi connectivity index (χ1) is 8.62. The number of halogens is 2. The molecule has 0 atom stereocenters. The van der Waals surface area contributed by atoms with Gasteiger partial charge in [-0.15, -0.1) is 8.78 Å². The highest BCUT2D eigenvalue weighted by Gasteiger charge is 2.43. The second-order valence-electron chi connectivity index (χ2n) is 4.34. The van der Waals surface area contributed by atoms with Gasteiger partial charge in [-0.3, -0.25) is 0 Å². The van der Waals surface area contributed by atoms with E-state index in [4.69, 9.17) is 4.74 Å². The molecule has 2 heterocycles. The molecule has 1 aromatic carbocycles. The van der Waals surface area contributed by atoms with Crippen LogP contribution < -0.4 is 19.5 Å². The van der Waals surface area contributed by atoms with E-state index in [2.05, 4.69) is 14.8 Å². The number of piperidine rings is 1. The van der Waals surface area contributed by atoms with Crippen LogP contribution in [0.3, 0.4) is 0 Å². The molecule has 1 fully saturated rings. The Morgan fingerprint density at radius 1 is 1.17 bits per heavy atom. The number of alkyl halides is 2. The highest BCUT2D eigenvalue weighted by molar-refractivity contribution is 5.47. The molecule has 1 aromatic rings. The van der Waals surface area contributed by atoms with E-state index in [0.717, 1.165) is 25.9 Å². The average Bonchev–Trinajstić information content (AvgIpc) is 2.63. The number of nitrogens with one attached hydrogen (secondary N) is 1. The molecule has 18 heavy (non-hydrogen) atoms. The van der Waals surface area contributed by atoms with Crippen molar-refractivity contribution in [3.63, 3.8) is 0 Å². The normalized spacial score (nSPS) is 21.9. The second kappa shape index (κ2) is 4.28. The quantitative estimate of drug-likeness (QED) is 0.881. The van der Waals surface area contributed by atoms with Crippen molar-refractivity contribution in [2.45, 2.75) is 25.2 Å². The molecule has 0 radical (unpaired) electrons. The smallest absolute Gasteiger partial charge is 0.490 e. The van der Waals surface area contributed by atoms with Crippen molar-refractivity contribution in [2.75, 3.05) is 13.1 Å². The Morgan fingerprint density at radius 2 is 1.89 bits per heavy atom. The zero-order valence-corrected chi connectivity index (χ0v) is 9.62. The maximum atomic E-state index is 12.8. The summed E-state index contributed by atoms with van der Waals surface area (Å²) in [6.07, 6.45) is -1.64. The fourth-order valence-electron chi connectivity index (χ4n) is 2.11. The van der Waals surface area contributed by atoms with E-state index in [1.54, 1.807) is 6.07 Å². The fourth-order valence-corrected chi connectivity index (χ4v) is 2.11. The molecule has 98 valence electrons. The predicted octanol–water partition coefficient (Wildman–Crippen LogP) is 2.14. The molecule has 0 unspecified atom stereocenters. The summed E-state index contributed by atoms with van der Waals surface area (Å²) in [6.45, 7) is 1.82. The van der Waals surface area contributed by atoms with Crippen molar-refractivity contribution in [3.8, 4) is 17.2 Å². The summed E-state index contributed by atoms with van der Waals surface area (Å²) in [5, 5.41) is 3.23. The van der Waals surface area contributed by atoms with Crippen molar-refractivity contribution in [3.05, 3.63) is 18.2 Å². The van der Waals surface area contributed by atoms with E-state index in [0.29, 0.717) is 5.75 Å². The van der Waals surface area contributed by atoms with E-state index in [9.17, 15) is 8.78 Å². The molecule has 1 saturated heterocycles. The summed E-state index contributed by atoms with van der Waals surface area (Å²) in [5.41, 5.74) is 0. The van der Waals surface area contributed by atoms with Crippen molar-refractivity contribution >= 4 is 0 Å². The molecule has 3 rings (SSSR count). The molecular weight excluding hydrogens is 244 g/mol. The van der Waals surface area contributed by atoms with Gasteiger partial charge in [-0.25, -0.2) is 0 Å². The molecule has 0 aliphatic carbocycles. The van der Waals surface area contributed by atoms with Crippen LogP contribution in [0.1, 0.15) is 12.8 Å². The van der Waals surface area contributed by atoms with Crippen LogP contribution in [0.2, 0.25) is 0 Å². The number of benzene rings is 1. The van der Waals surface area contributed by atoms with Gasteiger partial charge in [-0.1, -0.05) is 0 Å². The highest BCUT2D eigenvalue weighted by atomic mass is 19.3. The van der Waals surface area contributed by atoms with E-state index in [1.165, 1.54) is 12.1 Å². The van der Waals surface area contributed by atoms with Gasteiger partial charge in [0.15, 0.2) is 11.5 Å². The molecule has 0 bridgehead atoms. The largest absolute Gasteiger partial charge is 0.586 e. The summed E-state index contributed by atoms with van der Waals surface area (Å²) in [5.74, 6) is 0.589. The van der Waals surface area contributed by atoms with Crippen LogP contribution in [0.15, 0.2) is 18.2 Å². The highest BCUT2D eigenvalue weighted by Crippen LogP contribution is 2.42. The minimum Gasteiger partial charge on any atom is -0.490 e. The Hall–Kier alpha value is -1.56. The predicted molar refractivity (Wildman–Crippen MR) is 59.2 cm³/mol. The van der Waals surface area contributed by atoms with Gasteiger partial charge in [0.25, 0.3) is 0 Å². The zero-order valence-electron chi connectivity index (χ0n) is 9.62. The molecule has 2 aliphatic rings. The van der Waals surface area contributed by atoms with Crippen LogP contribution in [0.4, 0.5) is 8.78 Å². The Labute approximate surface area is 103 Å². The summed E-state index contributed by atoms with van der Waals surface area (Å²) in [6, 6.07) is 4.50. The lowest BCUT2D eigenvalue weighted by Gasteiger charge is -2.23. The van der Waals surface area contributed by atoms with Crippen molar-refractivity contribution < 1.29 is 23.0 Å². The average molecular weight is 257 g/mol. The molecule has 0 saturated carbocycles. The van der Waals surface area contributed by atoms with Crippen molar-refractivity contribution in [1.82, 2.24) is 5.32 Å². The molecule has 0 amide bonds. The van der Waals surface area contributed by atoms with Crippen LogP contribution >= 0.6 is 0 Å². The molecule has 2 aliphatic heterocycles. The lowest BCUT2D eigenvalue weighted by molar-refractivity contribution is -0.286. The fraction of sp³-hybridized carbons (Fsp3) is 0.500. The summed E-state index contributed by atoms with van der Waals surface area (Å²) < 4.78 is 40.1. The number of hydrogen-bond donors (Lipinski definition) is 1. The van der Waals surface area contributed by atoms with Gasteiger partial charge >= 0.3 is 6.29 Å². The minimum atomic E-state index is -3.57. The van der Waals surface area contributed by atoms with Gasteiger partial charge < -0.3 is 19.5 Å². The van der Waals surface area contributed by atoms with E-state index in [1.807, 2.05) is 0 Å².